The Bertz CT molecular complexity index is 947. The summed E-state index contributed by atoms with van der Waals surface area (Å²) in [6.45, 7) is 2.29. The van der Waals surface area contributed by atoms with Crippen molar-refractivity contribution in [3.05, 3.63) is 70.3 Å². The number of ether oxygens (including phenoxy) is 1. The molecular weight excluding hydrogens is 333 g/mol. The number of aromatic nitrogens is 2. The Labute approximate surface area is 141 Å². The zero-order valence-electron chi connectivity index (χ0n) is 13.4. The first kappa shape index (κ1) is 17.0. The van der Waals surface area contributed by atoms with Crippen LogP contribution in [0.4, 0.5) is 13.2 Å². The lowest BCUT2D eigenvalue weighted by Crippen LogP contribution is -2.21. The first-order chi connectivity index (χ1) is 11.8. The minimum Gasteiger partial charge on any atom is -0.406 e. The van der Waals surface area contributed by atoms with E-state index in [0.717, 1.165) is 11.1 Å². The van der Waals surface area contributed by atoms with E-state index >= 15 is 0 Å². The van der Waals surface area contributed by atoms with Crippen molar-refractivity contribution in [3.63, 3.8) is 0 Å². The van der Waals surface area contributed by atoms with Gasteiger partial charge in [0.25, 0.3) is 5.56 Å². The summed E-state index contributed by atoms with van der Waals surface area (Å²) < 4.78 is 41.8. The molecule has 1 heterocycles. The molecule has 3 rings (SSSR count). The highest BCUT2D eigenvalue weighted by molar-refractivity contribution is 5.77. The van der Waals surface area contributed by atoms with Crippen LogP contribution in [0.5, 0.6) is 5.75 Å². The van der Waals surface area contributed by atoms with Gasteiger partial charge < -0.3 is 4.74 Å². The molecule has 2 aromatic carbocycles. The third kappa shape index (κ3) is 4.17. The van der Waals surface area contributed by atoms with Crippen molar-refractivity contribution < 1.29 is 17.9 Å². The van der Waals surface area contributed by atoms with Crippen molar-refractivity contribution in [2.45, 2.75) is 26.3 Å². The lowest BCUT2D eigenvalue weighted by Gasteiger charge is -2.10. The van der Waals surface area contributed by atoms with E-state index in [0.29, 0.717) is 23.9 Å². The molecule has 1 aromatic heterocycles. The Morgan fingerprint density at radius 2 is 1.84 bits per heavy atom. The summed E-state index contributed by atoms with van der Waals surface area (Å²) in [5.74, 6) is -0.267. The molecule has 0 aliphatic carbocycles. The lowest BCUT2D eigenvalue weighted by molar-refractivity contribution is -0.274. The number of aryl methyl sites for hydroxylation is 3. The molecule has 130 valence electrons. The summed E-state index contributed by atoms with van der Waals surface area (Å²) in [6.07, 6.45) is -2.73. The van der Waals surface area contributed by atoms with Crippen molar-refractivity contribution in [2.75, 3.05) is 0 Å². The van der Waals surface area contributed by atoms with Crippen molar-refractivity contribution in [3.8, 4) is 5.75 Å². The summed E-state index contributed by atoms with van der Waals surface area (Å²) >= 11 is 0. The minimum atomic E-state index is -4.70. The van der Waals surface area contributed by atoms with Crippen LogP contribution < -0.4 is 10.3 Å². The van der Waals surface area contributed by atoms with Crippen molar-refractivity contribution >= 4 is 10.9 Å². The van der Waals surface area contributed by atoms with Gasteiger partial charge in [-0.25, -0.2) is 4.98 Å². The van der Waals surface area contributed by atoms with Gasteiger partial charge in [0, 0.05) is 6.54 Å². The predicted molar refractivity (Wildman–Crippen MR) is 87.6 cm³/mol. The van der Waals surface area contributed by atoms with E-state index in [2.05, 4.69) is 9.72 Å². The maximum atomic E-state index is 12.5. The van der Waals surface area contributed by atoms with E-state index in [9.17, 15) is 18.0 Å². The quantitative estimate of drug-likeness (QED) is 0.719. The second-order valence-corrected chi connectivity index (χ2v) is 5.71. The summed E-state index contributed by atoms with van der Waals surface area (Å²) in [6, 6.07) is 11.1. The van der Waals surface area contributed by atoms with Gasteiger partial charge in [0.1, 0.15) is 5.75 Å². The Morgan fingerprint density at radius 1 is 1.12 bits per heavy atom. The molecule has 7 heteroatoms. The fourth-order valence-electron chi connectivity index (χ4n) is 2.54. The summed E-state index contributed by atoms with van der Waals surface area (Å²) in [5, 5.41) is 0.552. The first-order valence-electron chi connectivity index (χ1n) is 7.62. The number of hydrogen-bond acceptors (Lipinski definition) is 3. The van der Waals surface area contributed by atoms with Crippen LogP contribution in [0.25, 0.3) is 10.9 Å². The molecule has 0 atom stereocenters. The van der Waals surface area contributed by atoms with Crippen LogP contribution in [0.1, 0.15) is 11.1 Å². The van der Waals surface area contributed by atoms with Gasteiger partial charge in [-0.05, 0) is 43.2 Å². The maximum absolute atomic E-state index is 12.5. The molecule has 3 aromatic rings. The minimum absolute atomic E-state index is 0.134. The second kappa shape index (κ2) is 6.58. The zero-order valence-corrected chi connectivity index (χ0v) is 13.4. The lowest BCUT2D eigenvalue weighted by atomic mass is 10.1. The highest BCUT2D eigenvalue weighted by Crippen LogP contribution is 2.22. The number of rotatable bonds is 4. The molecule has 0 radical (unpaired) electrons. The molecule has 0 unspecified atom stereocenters. The highest BCUT2D eigenvalue weighted by atomic mass is 19.4. The van der Waals surface area contributed by atoms with Crippen molar-refractivity contribution in [1.82, 2.24) is 9.55 Å². The second-order valence-electron chi connectivity index (χ2n) is 5.71. The monoisotopic (exact) mass is 348 g/mol. The fraction of sp³-hybridized carbons (Fsp3) is 0.222. The van der Waals surface area contributed by atoms with Gasteiger partial charge in [-0.15, -0.1) is 13.2 Å². The Hall–Kier alpha value is -2.83. The Kier molecular flexibility index (Phi) is 4.48. The number of hydrogen-bond donors (Lipinski definition) is 0. The first-order valence-corrected chi connectivity index (χ1v) is 7.62. The third-order valence-corrected chi connectivity index (χ3v) is 3.78. The number of alkyl halides is 3. The van der Waals surface area contributed by atoms with Crippen LogP contribution in [-0.4, -0.2) is 15.9 Å². The summed E-state index contributed by atoms with van der Waals surface area (Å²) in [4.78, 5) is 16.8. The van der Waals surface area contributed by atoms with Crippen LogP contribution in [0.3, 0.4) is 0 Å². The molecular formula is C18H15F3N2O2. The number of benzene rings is 2. The Morgan fingerprint density at radius 3 is 2.52 bits per heavy atom. The molecule has 0 fully saturated rings. The molecule has 0 N–H and O–H groups in total. The van der Waals surface area contributed by atoms with Gasteiger partial charge in [-0.3, -0.25) is 9.36 Å². The number of halogens is 3. The average Bonchev–Trinajstić information content (AvgIpc) is 2.55. The number of nitrogens with zero attached hydrogens (tertiary/aromatic N) is 2. The van der Waals surface area contributed by atoms with Crippen LogP contribution in [0, 0.1) is 6.92 Å². The molecule has 0 amide bonds. The van der Waals surface area contributed by atoms with Gasteiger partial charge in [0.15, 0.2) is 0 Å². The number of fused-ring (bicyclic) bond motifs is 1. The van der Waals surface area contributed by atoms with Crippen molar-refractivity contribution in [2.24, 2.45) is 0 Å². The molecule has 0 spiro atoms. The van der Waals surface area contributed by atoms with Crippen LogP contribution in [-0.2, 0) is 13.0 Å². The summed E-state index contributed by atoms with van der Waals surface area (Å²) in [7, 11) is 0. The summed E-state index contributed by atoms with van der Waals surface area (Å²) in [5.41, 5.74) is 2.28. The van der Waals surface area contributed by atoms with Gasteiger partial charge >= 0.3 is 6.36 Å². The van der Waals surface area contributed by atoms with Crippen molar-refractivity contribution in [1.29, 1.82) is 0 Å². The van der Waals surface area contributed by atoms with E-state index in [4.69, 9.17) is 0 Å². The van der Waals surface area contributed by atoms with Gasteiger partial charge in [0.2, 0.25) is 0 Å². The molecule has 4 nitrogen and oxygen atoms in total. The van der Waals surface area contributed by atoms with E-state index in [1.54, 1.807) is 24.3 Å². The largest absolute Gasteiger partial charge is 0.573 e. The normalized spacial score (nSPS) is 11.7. The topological polar surface area (TPSA) is 44.1 Å². The Balaban J connectivity index is 1.74. The van der Waals surface area contributed by atoms with Crippen LogP contribution in [0.2, 0.25) is 0 Å². The van der Waals surface area contributed by atoms with Crippen LogP contribution >= 0.6 is 0 Å². The SMILES string of the molecule is Cc1ccc2ncn(CCc3ccc(OC(F)(F)F)cc3)c(=O)c2c1. The van der Waals surface area contributed by atoms with E-state index < -0.39 is 6.36 Å². The van der Waals surface area contributed by atoms with E-state index in [-0.39, 0.29) is 11.3 Å². The zero-order chi connectivity index (χ0) is 18.0. The standard InChI is InChI=1S/C18H15F3N2O2/c1-12-2-7-16-15(10-12)17(24)23(11-22-16)9-8-13-3-5-14(6-4-13)25-18(19,20)21/h2-7,10-11H,8-9H2,1H3. The molecule has 0 saturated heterocycles. The predicted octanol–water partition coefficient (Wildman–Crippen LogP) is 3.85. The smallest absolute Gasteiger partial charge is 0.406 e. The average molecular weight is 348 g/mol. The molecule has 25 heavy (non-hydrogen) atoms. The molecule has 0 bridgehead atoms. The highest BCUT2D eigenvalue weighted by Gasteiger charge is 2.30. The van der Waals surface area contributed by atoms with Gasteiger partial charge in [0.05, 0.1) is 17.2 Å². The fourth-order valence-corrected chi connectivity index (χ4v) is 2.54. The molecule has 0 aliphatic heterocycles. The van der Waals surface area contributed by atoms with Crippen LogP contribution in [0.15, 0.2) is 53.6 Å². The molecule has 0 aliphatic rings. The molecule has 0 saturated carbocycles. The van der Waals surface area contributed by atoms with E-state index in [1.807, 2.05) is 13.0 Å². The van der Waals surface area contributed by atoms with Gasteiger partial charge in [-0.1, -0.05) is 23.8 Å². The van der Waals surface area contributed by atoms with Gasteiger partial charge in [-0.2, -0.15) is 0 Å². The maximum Gasteiger partial charge on any atom is 0.573 e. The van der Waals surface area contributed by atoms with E-state index in [1.165, 1.54) is 23.0 Å². The third-order valence-electron chi connectivity index (χ3n) is 3.78.